The number of ketones is 1. The number of likely N-dealkylation sites (tertiary alicyclic amines) is 1. The summed E-state index contributed by atoms with van der Waals surface area (Å²) in [5.41, 5.74) is 6.40. The second-order valence-corrected chi connectivity index (χ2v) is 7.82. The quantitative estimate of drug-likeness (QED) is 0.491. The molecule has 0 atom stereocenters. The molecule has 0 bridgehead atoms. The van der Waals surface area contributed by atoms with Crippen molar-refractivity contribution < 1.29 is 9.53 Å². The Labute approximate surface area is 169 Å². The first-order chi connectivity index (χ1) is 13.5. The highest BCUT2D eigenvalue weighted by Gasteiger charge is 2.20. The van der Waals surface area contributed by atoms with E-state index in [4.69, 9.17) is 4.74 Å². The molecular weight excluding hydrogens is 346 g/mol. The Balaban J connectivity index is 1.91. The van der Waals surface area contributed by atoms with Crippen molar-refractivity contribution in [1.82, 2.24) is 4.90 Å². The largest absolute Gasteiger partial charge is 0.496 e. The molecule has 3 nitrogen and oxygen atoms in total. The fourth-order valence-corrected chi connectivity index (χ4v) is 4.07. The van der Waals surface area contributed by atoms with Crippen molar-refractivity contribution in [1.29, 1.82) is 0 Å². The number of methoxy groups -OCH3 is 1. The zero-order chi connectivity index (χ0) is 20.1. The van der Waals surface area contributed by atoms with Crippen LogP contribution in [-0.4, -0.2) is 30.9 Å². The Bertz CT molecular complexity index is 876. The Morgan fingerprint density at radius 3 is 2.54 bits per heavy atom. The van der Waals surface area contributed by atoms with Gasteiger partial charge in [0.05, 0.1) is 12.7 Å². The zero-order valence-corrected chi connectivity index (χ0v) is 17.5. The number of aryl methyl sites for hydroxylation is 2. The number of nitrogens with zero attached hydrogens (tertiary/aromatic N) is 1. The molecule has 0 radical (unpaired) electrons. The van der Waals surface area contributed by atoms with Crippen LogP contribution in [0.4, 0.5) is 0 Å². The van der Waals surface area contributed by atoms with Crippen LogP contribution in [0.1, 0.15) is 57.4 Å². The van der Waals surface area contributed by atoms with E-state index in [0.29, 0.717) is 11.3 Å². The van der Waals surface area contributed by atoms with E-state index in [9.17, 15) is 4.79 Å². The van der Waals surface area contributed by atoms with Crippen LogP contribution in [0.2, 0.25) is 0 Å². The molecule has 1 aliphatic rings. The maximum absolute atomic E-state index is 13.1. The molecule has 0 amide bonds. The van der Waals surface area contributed by atoms with E-state index in [1.807, 2.05) is 24.3 Å². The van der Waals surface area contributed by atoms with Gasteiger partial charge < -0.3 is 4.74 Å². The van der Waals surface area contributed by atoms with E-state index < -0.39 is 0 Å². The van der Waals surface area contributed by atoms with E-state index in [0.717, 1.165) is 30.8 Å². The molecule has 0 saturated carbocycles. The molecule has 0 aliphatic carbocycles. The van der Waals surface area contributed by atoms with Gasteiger partial charge in [-0.2, -0.15) is 0 Å². The number of carbonyl (C=O) groups excluding carboxylic acids is 1. The standard InChI is InChI=1S/C25H31NO2/c1-18-9-8-10-21(15-18)11-12-23(27)25-20(3)22(19(2)16-24(25)28-4)17-26-13-6-5-7-14-26/h8-12,15-16H,5-7,13-14,17H2,1-4H3. The SMILES string of the molecule is COc1cc(C)c(CN2CCCCC2)c(C)c1C(=O)C=Cc1cccc(C)c1. The van der Waals surface area contributed by atoms with Crippen molar-refractivity contribution >= 4 is 11.9 Å². The summed E-state index contributed by atoms with van der Waals surface area (Å²) in [5.74, 6) is 0.659. The highest BCUT2D eigenvalue weighted by Crippen LogP contribution is 2.30. The average molecular weight is 378 g/mol. The van der Waals surface area contributed by atoms with Gasteiger partial charge in [-0.15, -0.1) is 0 Å². The smallest absolute Gasteiger partial charge is 0.189 e. The molecule has 1 aliphatic heterocycles. The summed E-state index contributed by atoms with van der Waals surface area (Å²) < 4.78 is 5.58. The van der Waals surface area contributed by atoms with Gasteiger partial charge in [-0.1, -0.05) is 42.3 Å². The van der Waals surface area contributed by atoms with Crippen molar-refractivity contribution in [3.63, 3.8) is 0 Å². The van der Waals surface area contributed by atoms with Gasteiger partial charge in [-0.05, 0) is 81.1 Å². The summed E-state index contributed by atoms with van der Waals surface area (Å²) in [4.78, 5) is 15.6. The Hall–Kier alpha value is -2.39. The molecule has 1 saturated heterocycles. The first-order valence-corrected chi connectivity index (χ1v) is 10.2. The van der Waals surface area contributed by atoms with Crippen LogP contribution >= 0.6 is 0 Å². The fourth-order valence-electron chi connectivity index (χ4n) is 4.07. The van der Waals surface area contributed by atoms with E-state index >= 15 is 0 Å². The normalized spacial score (nSPS) is 15.1. The minimum absolute atomic E-state index is 0.00393. The Morgan fingerprint density at radius 2 is 1.86 bits per heavy atom. The number of ether oxygens (including phenoxy) is 1. The third-order valence-electron chi connectivity index (χ3n) is 5.66. The zero-order valence-electron chi connectivity index (χ0n) is 17.5. The van der Waals surface area contributed by atoms with Gasteiger partial charge in [0, 0.05) is 6.54 Å². The first-order valence-electron chi connectivity index (χ1n) is 10.2. The second kappa shape index (κ2) is 9.20. The number of hydrogen-bond acceptors (Lipinski definition) is 3. The van der Waals surface area contributed by atoms with E-state index in [2.05, 4.69) is 37.8 Å². The van der Waals surface area contributed by atoms with E-state index in [1.54, 1.807) is 13.2 Å². The Kier molecular flexibility index (Phi) is 6.69. The third-order valence-corrected chi connectivity index (χ3v) is 5.66. The van der Waals surface area contributed by atoms with Gasteiger partial charge in [0.2, 0.25) is 0 Å². The van der Waals surface area contributed by atoms with E-state index in [1.165, 1.54) is 36.0 Å². The molecule has 2 aromatic carbocycles. The van der Waals surface area contributed by atoms with Gasteiger partial charge >= 0.3 is 0 Å². The van der Waals surface area contributed by atoms with Crippen LogP contribution in [0.3, 0.4) is 0 Å². The van der Waals surface area contributed by atoms with Crippen molar-refractivity contribution in [2.75, 3.05) is 20.2 Å². The third kappa shape index (κ3) is 4.71. The van der Waals surface area contributed by atoms with Gasteiger partial charge in [-0.25, -0.2) is 0 Å². The summed E-state index contributed by atoms with van der Waals surface area (Å²) in [6, 6.07) is 10.2. The van der Waals surface area contributed by atoms with Crippen molar-refractivity contribution in [3.8, 4) is 5.75 Å². The van der Waals surface area contributed by atoms with Gasteiger partial charge in [0.25, 0.3) is 0 Å². The molecule has 0 aromatic heterocycles. The summed E-state index contributed by atoms with van der Waals surface area (Å²) >= 11 is 0. The number of allylic oxidation sites excluding steroid dienone is 1. The maximum Gasteiger partial charge on any atom is 0.189 e. The molecule has 28 heavy (non-hydrogen) atoms. The molecule has 148 valence electrons. The Morgan fingerprint density at radius 1 is 1.11 bits per heavy atom. The predicted molar refractivity (Wildman–Crippen MR) is 116 cm³/mol. The minimum Gasteiger partial charge on any atom is -0.496 e. The fraction of sp³-hybridized carbons (Fsp3) is 0.400. The van der Waals surface area contributed by atoms with Crippen LogP contribution < -0.4 is 4.74 Å². The topological polar surface area (TPSA) is 29.5 Å². The molecule has 3 heteroatoms. The lowest BCUT2D eigenvalue weighted by atomic mass is 9.93. The van der Waals surface area contributed by atoms with Crippen LogP contribution in [0.5, 0.6) is 5.75 Å². The van der Waals surface area contributed by atoms with Crippen molar-refractivity contribution in [2.24, 2.45) is 0 Å². The number of hydrogen-bond donors (Lipinski definition) is 0. The average Bonchev–Trinajstić information content (AvgIpc) is 2.69. The molecule has 2 aromatic rings. The molecule has 0 unspecified atom stereocenters. The van der Waals surface area contributed by atoms with Gasteiger partial charge in [0.1, 0.15) is 5.75 Å². The number of rotatable bonds is 6. The minimum atomic E-state index is -0.00393. The van der Waals surface area contributed by atoms with Crippen LogP contribution in [0.25, 0.3) is 6.08 Å². The predicted octanol–water partition coefficient (Wildman–Crippen LogP) is 5.50. The van der Waals surface area contributed by atoms with Crippen LogP contribution in [0.15, 0.2) is 36.4 Å². The maximum atomic E-state index is 13.1. The van der Waals surface area contributed by atoms with Gasteiger partial charge in [-0.3, -0.25) is 9.69 Å². The number of benzene rings is 2. The lowest BCUT2D eigenvalue weighted by molar-refractivity contribution is 0.104. The molecule has 0 spiro atoms. The lowest BCUT2D eigenvalue weighted by Gasteiger charge is -2.28. The molecular formula is C25H31NO2. The molecule has 1 fully saturated rings. The van der Waals surface area contributed by atoms with Crippen LogP contribution in [-0.2, 0) is 6.54 Å². The molecule has 0 N–H and O–H groups in total. The first kappa shape index (κ1) is 20.3. The van der Waals surface area contributed by atoms with Crippen molar-refractivity contribution in [3.05, 3.63) is 69.8 Å². The van der Waals surface area contributed by atoms with Crippen LogP contribution in [0, 0.1) is 20.8 Å². The number of carbonyl (C=O) groups is 1. The van der Waals surface area contributed by atoms with Gasteiger partial charge in [0.15, 0.2) is 5.78 Å². The highest BCUT2D eigenvalue weighted by molar-refractivity contribution is 6.10. The molecule has 1 heterocycles. The van der Waals surface area contributed by atoms with E-state index in [-0.39, 0.29) is 5.78 Å². The second-order valence-electron chi connectivity index (χ2n) is 7.82. The highest BCUT2D eigenvalue weighted by atomic mass is 16.5. The lowest BCUT2D eigenvalue weighted by Crippen LogP contribution is -2.30. The summed E-state index contributed by atoms with van der Waals surface area (Å²) in [6.07, 6.45) is 7.40. The summed E-state index contributed by atoms with van der Waals surface area (Å²) in [6.45, 7) is 9.42. The number of piperidine rings is 1. The van der Waals surface area contributed by atoms with Crippen molar-refractivity contribution in [2.45, 2.75) is 46.6 Å². The summed E-state index contributed by atoms with van der Waals surface area (Å²) in [5, 5.41) is 0. The summed E-state index contributed by atoms with van der Waals surface area (Å²) in [7, 11) is 1.64. The monoisotopic (exact) mass is 377 g/mol. The molecule has 3 rings (SSSR count).